The van der Waals surface area contributed by atoms with Gasteiger partial charge in [-0.05, 0) is 38.8 Å². The Morgan fingerprint density at radius 3 is 2.59 bits per heavy atom. The standard InChI is InChI=1S/C19H24N4O2S2/c1-13-17(26-14(2)20-13)12-23-10-8-15(9-11-23)22(3)19-16-6-4-5-7-18(16)27(24,25)21-19/h4-7,15H,8-12H2,1-3H3. The van der Waals surface area contributed by atoms with Crippen LogP contribution in [0.5, 0.6) is 0 Å². The van der Waals surface area contributed by atoms with Crippen LogP contribution in [-0.4, -0.2) is 55.2 Å². The van der Waals surface area contributed by atoms with Crippen molar-refractivity contribution in [2.75, 3.05) is 20.1 Å². The lowest BCUT2D eigenvalue weighted by atomic mass is 10.0. The number of hydrogen-bond acceptors (Lipinski definition) is 6. The minimum atomic E-state index is -3.56. The number of thiazole rings is 1. The Kier molecular flexibility index (Phi) is 4.82. The molecular formula is C19H24N4O2S2. The lowest BCUT2D eigenvalue weighted by Gasteiger charge is -2.37. The second-order valence-corrected chi connectivity index (χ2v) is 10.1. The molecule has 0 amide bonds. The molecule has 2 aliphatic heterocycles. The molecule has 4 rings (SSSR count). The van der Waals surface area contributed by atoms with Gasteiger partial charge in [0.05, 0.1) is 10.7 Å². The third kappa shape index (κ3) is 3.53. The van der Waals surface area contributed by atoms with Crippen molar-refractivity contribution in [3.8, 4) is 0 Å². The number of amidine groups is 1. The van der Waals surface area contributed by atoms with Crippen LogP contribution >= 0.6 is 11.3 Å². The molecule has 144 valence electrons. The predicted octanol–water partition coefficient (Wildman–Crippen LogP) is 2.81. The third-order valence-corrected chi connectivity index (χ3v) is 7.80. The van der Waals surface area contributed by atoms with Crippen LogP contribution in [0.3, 0.4) is 0 Å². The monoisotopic (exact) mass is 404 g/mol. The molecule has 1 fully saturated rings. The van der Waals surface area contributed by atoms with Gasteiger partial charge < -0.3 is 4.90 Å². The summed E-state index contributed by atoms with van der Waals surface area (Å²) in [5.74, 6) is 0.581. The van der Waals surface area contributed by atoms with Crippen LogP contribution in [0.15, 0.2) is 33.6 Å². The Balaban J connectivity index is 1.44. The molecule has 1 aromatic carbocycles. The number of aromatic nitrogens is 1. The van der Waals surface area contributed by atoms with Crippen LogP contribution in [0.25, 0.3) is 0 Å². The lowest BCUT2D eigenvalue weighted by Crippen LogP contribution is -2.45. The van der Waals surface area contributed by atoms with Gasteiger partial charge in [0.2, 0.25) is 0 Å². The molecule has 0 unspecified atom stereocenters. The SMILES string of the molecule is Cc1nc(C)c(CN2CCC(N(C)C3=NS(=O)(=O)c4ccccc43)CC2)s1. The van der Waals surface area contributed by atoms with E-state index in [0.717, 1.165) is 48.7 Å². The van der Waals surface area contributed by atoms with Gasteiger partial charge in [-0.25, -0.2) is 4.98 Å². The van der Waals surface area contributed by atoms with E-state index in [-0.39, 0.29) is 0 Å². The fourth-order valence-corrected chi connectivity index (χ4v) is 6.12. The number of nitrogens with zero attached hydrogens (tertiary/aromatic N) is 4. The van der Waals surface area contributed by atoms with Crippen molar-refractivity contribution in [1.82, 2.24) is 14.8 Å². The Morgan fingerprint density at radius 1 is 1.22 bits per heavy atom. The molecule has 1 saturated heterocycles. The number of likely N-dealkylation sites (tertiary alicyclic amines) is 1. The van der Waals surface area contributed by atoms with Gasteiger partial charge in [0, 0.05) is 43.2 Å². The van der Waals surface area contributed by atoms with Crippen molar-refractivity contribution in [2.45, 2.75) is 44.2 Å². The topological polar surface area (TPSA) is 65.9 Å². The maximum absolute atomic E-state index is 12.3. The van der Waals surface area contributed by atoms with Gasteiger partial charge >= 0.3 is 0 Å². The Hall–Kier alpha value is -1.77. The van der Waals surface area contributed by atoms with Gasteiger partial charge in [0.15, 0.2) is 5.84 Å². The highest BCUT2D eigenvalue weighted by atomic mass is 32.2. The first-order chi connectivity index (χ1) is 12.8. The molecule has 2 aliphatic rings. The van der Waals surface area contributed by atoms with E-state index in [2.05, 4.69) is 33.0 Å². The normalized spacial score (nSPS) is 19.7. The summed E-state index contributed by atoms with van der Waals surface area (Å²) in [6.45, 7) is 7.07. The van der Waals surface area contributed by atoms with Crippen LogP contribution < -0.4 is 0 Å². The van der Waals surface area contributed by atoms with E-state index in [9.17, 15) is 8.42 Å². The zero-order chi connectivity index (χ0) is 19.2. The average molecular weight is 405 g/mol. The molecule has 0 radical (unpaired) electrons. The van der Waals surface area contributed by atoms with Crippen molar-refractivity contribution in [1.29, 1.82) is 0 Å². The van der Waals surface area contributed by atoms with E-state index >= 15 is 0 Å². The summed E-state index contributed by atoms with van der Waals surface area (Å²) < 4.78 is 28.7. The lowest BCUT2D eigenvalue weighted by molar-refractivity contribution is 0.160. The van der Waals surface area contributed by atoms with Crippen molar-refractivity contribution in [2.24, 2.45) is 4.40 Å². The highest BCUT2D eigenvalue weighted by Gasteiger charge is 2.33. The van der Waals surface area contributed by atoms with Gasteiger partial charge in [-0.3, -0.25) is 4.90 Å². The minimum Gasteiger partial charge on any atom is -0.355 e. The molecule has 0 spiro atoms. The summed E-state index contributed by atoms with van der Waals surface area (Å²) in [6.07, 6.45) is 1.99. The number of benzene rings is 1. The van der Waals surface area contributed by atoms with E-state index in [1.54, 1.807) is 23.5 Å². The molecular weight excluding hydrogens is 380 g/mol. The van der Waals surface area contributed by atoms with Crippen molar-refractivity contribution in [3.05, 3.63) is 45.4 Å². The molecule has 0 bridgehead atoms. The van der Waals surface area contributed by atoms with E-state index in [4.69, 9.17) is 0 Å². The van der Waals surface area contributed by atoms with Gasteiger partial charge in [-0.2, -0.15) is 8.42 Å². The summed E-state index contributed by atoms with van der Waals surface area (Å²) >= 11 is 1.78. The van der Waals surface area contributed by atoms with Crippen LogP contribution in [0, 0.1) is 13.8 Å². The predicted molar refractivity (Wildman–Crippen MR) is 108 cm³/mol. The zero-order valence-corrected chi connectivity index (χ0v) is 17.5. The number of hydrogen-bond donors (Lipinski definition) is 0. The largest absolute Gasteiger partial charge is 0.355 e. The van der Waals surface area contributed by atoms with Gasteiger partial charge in [-0.15, -0.1) is 15.7 Å². The first-order valence-corrected chi connectivity index (χ1v) is 11.4. The van der Waals surface area contributed by atoms with Crippen molar-refractivity contribution < 1.29 is 8.42 Å². The highest BCUT2D eigenvalue weighted by Crippen LogP contribution is 2.29. The van der Waals surface area contributed by atoms with Crippen LogP contribution in [0.2, 0.25) is 0 Å². The molecule has 0 saturated carbocycles. The quantitative estimate of drug-likeness (QED) is 0.787. The summed E-state index contributed by atoms with van der Waals surface area (Å²) in [6, 6.07) is 7.39. The number of fused-ring (bicyclic) bond motifs is 1. The summed E-state index contributed by atoms with van der Waals surface area (Å²) in [4.78, 5) is 10.7. The van der Waals surface area contributed by atoms with E-state index in [1.807, 2.05) is 19.2 Å². The Morgan fingerprint density at radius 2 is 1.93 bits per heavy atom. The number of piperidine rings is 1. The molecule has 0 atom stereocenters. The second kappa shape index (κ2) is 7.00. The molecule has 0 N–H and O–H groups in total. The summed E-state index contributed by atoms with van der Waals surface area (Å²) in [7, 11) is -1.60. The van der Waals surface area contributed by atoms with E-state index in [0.29, 0.717) is 16.8 Å². The smallest absolute Gasteiger partial charge is 0.285 e. The summed E-state index contributed by atoms with van der Waals surface area (Å²) in [5.41, 5.74) is 1.86. The number of rotatable bonds is 3. The van der Waals surface area contributed by atoms with Crippen molar-refractivity contribution >= 4 is 27.2 Å². The molecule has 8 heteroatoms. The summed E-state index contributed by atoms with van der Waals surface area (Å²) in [5, 5.41) is 1.12. The molecule has 1 aromatic heterocycles. The second-order valence-electron chi connectivity index (χ2n) is 7.25. The van der Waals surface area contributed by atoms with Crippen molar-refractivity contribution in [3.63, 3.8) is 0 Å². The zero-order valence-electron chi connectivity index (χ0n) is 15.8. The van der Waals surface area contributed by atoms with E-state index in [1.165, 1.54) is 4.88 Å². The Labute approximate surface area is 164 Å². The van der Waals surface area contributed by atoms with Gasteiger partial charge in [0.25, 0.3) is 10.0 Å². The highest BCUT2D eigenvalue weighted by molar-refractivity contribution is 7.90. The fourth-order valence-electron chi connectivity index (χ4n) is 3.90. The third-order valence-electron chi connectivity index (χ3n) is 5.42. The number of aryl methyl sites for hydroxylation is 2. The molecule has 6 nitrogen and oxygen atoms in total. The first-order valence-electron chi connectivity index (χ1n) is 9.17. The molecule has 0 aliphatic carbocycles. The maximum Gasteiger partial charge on any atom is 0.285 e. The molecule has 3 heterocycles. The average Bonchev–Trinajstić information content (AvgIpc) is 3.11. The molecule has 27 heavy (non-hydrogen) atoms. The van der Waals surface area contributed by atoms with Crippen LogP contribution in [0.4, 0.5) is 0 Å². The number of sulfonamides is 1. The van der Waals surface area contributed by atoms with Crippen LogP contribution in [-0.2, 0) is 16.6 Å². The molecule has 2 aromatic rings. The van der Waals surface area contributed by atoms with Gasteiger partial charge in [-0.1, -0.05) is 12.1 Å². The maximum atomic E-state index is 12.3. The van der Waals surface area contributed by atoms with Gasteiger partial charge in [0.1, 0.15) is 4.90 Å². The Bertz CT molecular complexity index is 989. The minimum absolute atomic E-state index is 0.297. The van der Waals surface area contributed by atoms with E-state index < -0.39 is 10.0 Å². The fraction of sp³-hybridized carbons (Fsp3) is 0.474. The van der Waals surface area contributed by atoms with Crippen LogP contribution in [0.1, 0.15) is 34.0 Å². The first kappa shape index (κ1) is 18.6.